The first-order chi connectivity index (χ1) is 6.09. The third-order valence-electron chi connectivity index (χ3n) is 1.13. The Kier molecular flexibility index (Phi) is 2.68. The summed E-state index contributed by atoms with van der Waals surface area (Å²) in [6, 6.07) is 0.874. The molecule has 1 aromatic rings. The SMILES string of the molecule is O=[N+]([O-])c1cncc(OC(F)F)c1. The van der Waals surface area contributed by atoms with Crippen LogP contribution >= 0.6 is 0 Å². The van der Waals surface area contributed by atoms with Crippen LogP contribution < -0.4 is 4.74 Å². The van der Waals surface area contributed by atoms with Crippen LogP contribution in [0.4, 0.5) is 14.5 Å². The molecule has 70 valence electrons. The molecule has 0 N–H and O–H groups in total. The number of alkyl halides is 2. The summed E-state index contributed by atoms with van der Waals surface area (Å²) in [4.78, 5) is 12.8. The lowest BCUT2D eigenvalue weighted by molar-refractivity contribution is -0.385. The summed E-state index contributed by atoms with van der Waals surface area (Å²) >= 11 is 0. The fourth-order valence-electron chi connectivity index (χ4n) is 0.675. The summed E-state index contributed by atoms with van der Waals surface area (Å²) < 4.78 is 27.2. The lowest BCUT2D eigenvalue weighted by Gasteiger charge is -2.01. The van der Waals surface area contributed by atoms with Crippen molar-refractivity contribution in [2.75, 3.05) is 0 Å². The van der Waals surface area contributed by atoms with Crippen molar-refractivity contribution in [3.8, 4) is 5.75 Å². The third-order valence-corrected chi connectivity index (χ3v) is 1.13. The van der Waals surface area contributed by atoms with E-state index in [0.29, 0.717) is 0 Å². The predicted octanol–water partition coefficient (Wildman–Crippen LogP) is 1.59. The molecule has 0 fully saturated rings. The first kappa shape index (κ1) is 9.30. The highest BCUT2D eigenvalue weighted by atomic mass is 19.3. The van der Waals surface area contributed by atoms with Gasteiger partial charge in [-0.15, -0.1) is 0 Å². The zero-order valence-corrected chi connectivity index (χ0v) is 6.18. The summed E-state index contributed by atoms with van der Waals surface area (Å²) in [5.41, 5.74) is -0.391. The van der Waals surface area contributed by atoms with Crippen LogP contribution in [0.5, 0.6) is 5.75 Å². The summed E-state index contributed by atoms with van der Waals surface area (Å²) in [5, 5.41) is 10.2. The van der Waals surface area contributed by atoms with E-state index in [0.717, 1.165) is 18.5 Å². The molecule has 0 aliphatic heterocycles. The quantitative estimate of drug-likeness (QED) is 0.536. The third kappa shape index (κ3) is 2.62. The number of ether oxygens (including phenoxy) is 1. The molecular weight excluding hydrogens is 186 g/mol. The fourth-order valence-corrected chi connectivity index (χ4v) is 0.675. The van der Waals surface area contributed by atoms with Crippen LogP contribution in [0.15, 0.2) is 18.5 Å². The molecule has 5 nitrogen and oxygen atoms in total. The summed E-state index contributed by atoms with van der Waals surface area (Å²) in [5.74, 6) is -0.329. The zero-order valence-electron chi connectivity index (χ0n) is 6.18. The number of rotatable bonds is 3. The summed E-state index contributed by atoms with van der Waals surface area (Å²) in [6.07, 6.45) is 1.91. The van der Waals surface area contributed by atoms with Gasteiger partial charge in [0.05, 0.1) is 17.2 Å². The minimum Gasteiger partial charge on any atom is -0.433 e. The van der Waals surface area contributed by atoms with Gasteiger partial charge in [0.25, 0.3) is 5.69 Å². The van der Waals surface area contributed by atoms with Crippen molar-refractivity contribution in [1.82, 2.24) is 4.98 Å². The zero-order chi connectivity index (χ0) is 9.84. The van der Waals surface area contributed by atoms with E-state index in [1.807, 2.05) is 0 Å². The highest BCUT2D eigenvalue weighted by Crippen LogP contribution is 2.18. The number of aromatic nitrogens is 1. The predicted molar refractivity (Wildman–Crippen MR) is 37.5 cm³/mol. The van der Waals surface area contributed by atoms with Crippen molar-refractivity contribution in [1.29, 1.82) is 0 Å². The van der Waals surface area contributed by atoms with Gasteiger partial charge in [-0.2, -0.15) is 8.78 Å². The minimum atomic E-state index is -3.01. The van der Waals surface area contributed by atoms with Gasteiger partial charge < -0.3 is 4.74 Å². The van der Waals surface area contributed by atoms with Crippen molar-refractivity contribution in [3.63, 3.8) is 0 Å². The highest BCUT2D eigenvalue weighted by Gasteiger charge is 2.10. The molecule has 1 heterocycles. The maximum Gasteiger partial charge on any atom is 0.387 e. The van der Waals surface area contributed by atoms with Crippen molar-refractivity contribution >= 4 is 5.69 Å². The summed E-state index contributed by atoms with van der Waals surface area (Å²) in [7, 11) is 0. The van der Waals surface area contributed by atoms with Crippen molar-refractivity contribution < 1.29 is 18.4 Å². The molecule has 0 spiro atoms. The minimum absolute atomic E-state index is 0.329. The Morgan fingerprint density at radius 3 is 2.77 bits per heavy atom. The van der Waals surface area contributed by atoms with E-state index in [1.165, 1.54) is 0 Å². The Morgan fingerprint density at radius 1 is 1.54 bits per heavy atom. The molecule has 0 bridgehead atoms. The topological polar surface area (TPSA) is 65.3 Å². The average Bonchev–Trinajstić information content (AvgIpc) is 2.03. The Balaban J connectivity index is 2.85. The van der Waals surface area contributed by atoms with E-state index in [9.17, 15) is 18.9 Å². The number of hydrogen-bond acceptors (Lipinski definition) is 4. The van der Waals surface area contributed by atoms with E-state index in [4.69, 9.17) is 0 Å². The van der Waals surface area contributed by atoms with E-state index < -0.39 is 17.2 Å². The number of halogens is 2. The maximum atomic E-state index is 11.6. The Hall–Kier alpha value is -1.79. The number of nitro groups is 1. The van der Waals surface area contributed by atoms with Gasteiger partial charge in [-0.3, -0.25) is 15.1 Å². The smallest absolute Gasteiger partial charge is 0.387 e. The lowest BCUT2D eigenvalue weighted by Crippen LogP contribution is -2.02. The standard InChI is InChI=1S/C6H4F2N2O3/c7-6(8)13-5-1-4(10(11)12)2-9-3-5/h1-3,6H. The van der Waals surface area contributed by atoms with Crippen LogP contribution in [-0.4, -0.2) is 16.5 Å². The van der Waals surface area contributed by atoms with Crippen LogP contribution in [0.1, 0.15) is 0 Å². The molecule has 7 heteroatoms. The second-order valence-corrected chi connectivity index (χ2v) is 2.01. The average molecular weight is 190 g/mol. The molecule has 13 heavy (non-hydrogen) atoms. The van der Waals surface area contributed by atoms with Gasteiger partial charge in [0.15, 0.2) is 5.75 Å². The van der Waals surface area contributed by atoms with Crippen molar-refractivity contribution in [2.45, 2.75) is 6.61 Å². The van der Waals surface area contributed by atoms with Gasteiger partial charge in [-0.05, 0) is 0 Å². The Labute approximate surface area is 71.1 Å². The van der Waals surface area contributed by atoms with Crippen LogP contribution in [0.25, 0.3) is 0 Å². The molecule has 0 unspecified atom stereocenters. The number of nitrogens with zero attached hydrogens (tertiary/aromatic N) is 2. The van der Waals surface area contributed by atoms with E-state index >= 15 is 0 Å². The molecule has 0 amide bonds. The number of pyridine rings is 1. The molecular formula is C6H4F2N2O3. The van der Waals surface area contributed by atoms with E-state index in [2.05, 4.69) is 9.72 Å². The van der Waals surface area contributed by atoms with E-state index in [1.54, 1.807) is 0 Å². The lowest BCUT2D eigenvalue weighted by atomic mass is 10.4. The van der Waals surface area contributed by atoms with E-state index in [-0.39, 0.29) is 5.75 Å². The molecule has 0 aliphatic carbocycles. The van der Waals surface area contributed by atoms with Crippen molar-refractivity contribution in [2.24, 2.45) is 0 Å². The van der Waals surface area contributed by atoms with Crippen molar-refractivity contribution in [3.05, 3.63) is 28.6 Å². The second-order valence-electron chi connectivity index (χ2n) is 2.01. The molecule has 1 aromatic heterocycles. The maximum absolute atomic E-state index is 11.6. The molecule has 0 atom stereocenters. The van der Waals surface area contributed by atoms with Crippen LogP contribution in [0.2, 0.25) is 0 Å². The molecule has 0 aliphatic rings. The molecule has 0 saturated heterocycles. The highest BCUT2D eigenvalue weighted by molar-refractivity contribution is 5.33. The van der Waals surface area contributed by atoms with Gasteiger partial charge in [0.1, 0.15) is 6.20 Å². The van der Waals surface area contributed by atoms with Gasteiger partial charge in [0.2, 0.25) is 0 Å². The Morgan fingerprint density at radius 2 is 2.23 bits per heavy atom. The fraction of sp³-hybridized carbons (Fsp3) is 0.167. The normalized spacial score (nSPS) is 10.1. The first-order valence-corrected chi connectivity index (χ1v) is 3.14. The molecule has 0 radical (unpaired) electrons. The molecule has 1 rings (SSSR count). The second kappa shape index (κ2) is 3.74. The van der Waals surface area contributed by atoms with Gasteiger partial charge in [-0.1, -0.05) is 0 Å². The summed E-state index contributed by atoms with van der Waals surface area (Å²) in [6.45, 7) is -3.01. The van der Waals surface area contributed by atoms with Crippen LogP contribution in [0.3, 0.4) is 0 Å². The first-order valence-electron chi connectivity index (χ1n) is 3.14. The van der Waals surface area contributed by atoms with Crippen LogP contribution in [0, 0.1) is 10.1 Å². The largest absolute Gasteiger partial charge is 0.433 e. The van der Waals surface area contributed by atoms with Gasteiger partial charge >= 0.3 is 6.61 Å². The monoisotopic (exact) mass is 190 g/mol. The van der Waals surface area contributed by atoms with Crippen LogP contribution in [-0.2, 0) is 0 Å². The number of hydrogen-bond donors (Lipinski definition) is 0. The molecule has 0 saturated carbocycles. The Bertz CT molecular complexity index is 319. The molecule has 0 aromatic carbocycles. The van der Waals surface area contributed by atoms with Gasteiger partial charge in [-0.25, -0.2) is 0 Å². The van der Waals surface area contributed by atoms with Gasteiger partial charge in [0, 0.05) is 0 Å².